The SMILES string of the molecule is Cc1ccc(CN2C(=O)S/C(=C\c3cc(I)c(OCc4ccccc4)c(I)c3)C2=O)cc1. The van der Waals surface area contributed by atoms with Crippen LogP contribution in [0.2, 0.25) is 0 Å². The van der Waals surface area contributed by atoms with Gasteiger partial charge in [0.05, 0.1) is 18.6 Å². The third-order valence-corrected chi connectivity index (χ3v) is 7.39. The first-order valence-electron chi connectivity index (χ1n) is 9.87. The maximum absolute atomic E-state index is 12.9. The minimum atomic E-state index is -0.255. The molecule has 32 heavy (non-hydrogen) atoms. The highest BCUT2D eigenvalue weighted by Crippen LogP contribution is 2.35. The first kappa shape index (κ1) is 23.3. The van der Waals surface area contributed by atoms with Gasteiger partial charge in [-0.2, -0.15) is 0 Å². The lowest BCUT2D eigenvalue weighted by molar-refractivity contribution is -0.123. The van der Waals surface area contributed by atoms with Crippen molar-refractivity contribution in [3.8, 4) is 5.75 Å². The molecule has 0 radical (unpaired) electrons. The van der Waals surface area contributed by atoms with E-state index < -0.39 is 0 Å². The number of amides is 2. The summed E-state index contributed by atoms with van der Waals surface area (Å²) in [6.45, 7) is 2.78. The lowest BCUT2D eigenvalue weighted by Crippen LogP contribution is -2.27. The highest BCUT2D eigenvalue weighted by atomic mass is 127. The maximum atomic E-state index is 12.9. The summed E-state index contributed by atoms with van der Waals surface area (Å²) < 4.78 is 7.95. The number of halogens is 2. The smallest absolute Gasteiger partial charge is 0.293 e. The molecule has 7 heteroatoms. The summed E-state index contributed by atoms with van der Waals surface area (Å²) in [5.74, 6) is 0.565. The molecule has 0 aromatic heterocycles. The van der Waals surface area contributed by atoms with Crippen LogP contribution in [0.5, 0.6) is 5.75 Å². The quantitative estimate of drug-likeness (QED) is 0.210. The fourth-order valence-electron chi connectivity index (χ4n) is 3.19. The Balaban J connectivity index is 1.50. The van der Waals surface area contributed by atoms with Crippen molar-refractivity contribution in [3.63, 3.8) is 0 Å². The Morgan fingerprint density at radius 1 is 0.938 bits per heavy atom. The van der Waals surface area contributed by atoms with Gasteiger partial charge in [0, 0.05) is 0 Å². The van der Waals surface area contributed by atoms with Gasteiger partial charge >= 0.3 is 0 Å². The van der Waals surface area contributed by atoms with Crippen molar-refractivity contribution in [1.29, 1.82) is 0 Å². The average Bonchev–Trinajstić information content (AvgIpc) is 3.02. The number of hydrogen-bond acceptors (Lipinski definition) is 4. The van der Waals surface area contributed by atoms with Gasteiger partial charge < -0.3 is 4.74 Å². The second-order valence-electron chi connectivity index (χ2n) is 7.34. The van der Waals surface area contributed by atoms with Crippen molar-refractivity contribution < 1.29 is 14.3 Å². The molecule has 1 fully saturated rings. The predicted octanol–water partition coefficient (Wildman–Crippen LogP) is 7.02. The van der Waals surface area contributed by atoms with Crippen LogP contribution in [0.3, 0.4) is 0 Å². The van der Waals surface area contributed by atoms with Crippen molar-refractivity contribution in [2.24, 2.45) is 0 Å². The molecule has 162 valence electrons. The molecule has 0 saturated carbocycles. The number of rotatable bonds is 6. The van der Waals surface area contributed by atoms with Crippen LogP contribution >= 0.6 is 56.9 Å². The largest absolute Gasteiger partial charge is 0.487 e. The van der Waals surface area contributed by atoms with Gasteiger partial charge in [-0.1, -0.05) is 60.2 Å². The molecule has 3 aromatic carbocycles. The third-order valence-electron chi connectivity index (χ3n) is 4.88. The van der Waals surface area contributed by atoms with Crippen molar-refractivity contribution >= 4 is 74.2 Å². The average molecular weight is 667 g/mol. The van der Waals surface area contributed by atoms with E-state index in [1.54, 1.807) is 6.08 Å². The second-order valence-corrected chi connectivity index (χ2v) is 10.7. The number of carbonyl (C=O) groups is 2. The van der Waals surface area contributed by atoms with Crippen LogP contribution in [0.4, 0.5) is 4.79 Å². The molecule has 1 aliphatic rings. The number of nitrogens with zero attached hydrogens (tertiary/aromatic N) is 1. The zero-order chi connectivity index (χ0) is 22.7. The number of hydrogen-bond donors (Lipinski definition) is 0. The van der Waals surface area contributed by atoms with Crippen LogP contribution in [0.1, 0.15) is 22.3 Å². The van der Waals surface area contributed by atoms with Crippen LogP contribution < -0.4 is 4.74 Å². The Hall–Kier alpha value is -1.85. The molecule has 0 aliphatic carbocycles. The van der Waals surface area contributed by atoms with Gasteiger partial charge in [0.2, 0.25) is 0 Å². The molecule has 0 atom stereocenters. The third kappa shape index (κ3) is 5.55. The molecule has 4 rings (SSSR count). The molecule has 1 heterocycles. The maximum Gasteiger partial charge on any atom is 0.293 e. The molecule has 0 spiro atoms. The minimum absolute atomic E-state index is 0.242. The van der Waals surface area contributed by atoms with Crippen molar-refractivity contribution in [1.82, 2.24) is 4.90 Å². The highest BCUT2D eigenvalue weighted by Gasteiger charge is 2.35. The number of ether oxygens (including phenoxy) is 1. The summed E-state index contributed by atoms with van der Waals surface area (Å²) in [5.41, 5.74) is 4.04. The van der Waals surface area contributed by atoms with Crippen molar-refractivity contribution in [2.75, 3.05) is 0 Å². The standard InChI is InChI=1S/C25H19I2NO3S/c1-16-7-9-17(10-8-16)14-28-24(29)22(32-25(28)30)13-19-11-20(26)23(21(27)12-19)31-15-18-5-3-2-4-6-18/h2-13H,14-15H2,1H3/b22-13-. The Morgan fingerprint density at radius 2 is 1.59 bits per heavy atom. The normalized spacial score (nSPS) is 15.0. The van der Waals surface area contributed by atoms with E-state index in [1.807, 2.05) is 73.7 Å². The Morgan fingerprint density at radius 3 is 2.25 bits per heavy atom. The summed E-state index contributed by atoms with van der Waals surface area (Å²) in [7, 11) is 0. The molecule has 1 saturated heterocycles. The van der Waals surface area contributed by atoms with Gasteiger partial charge in [-0.15, -0.1) is 0 Å². The number of benzene rings is 3. The zero-order valence-electron chi connectivity index (χ0n) is 17.2. The van der Waals surface area contributed by atoms with Crippen molar-refractivity contribution in [2.45, 2.75) is 20.1 Å². The summed E-state index contributed by atoms with van der Waals surface area (Å²) in [6.07, 6.45) is 1.78. The molecular weight excluding hydrogens is 648 g/mol. The fraction of sp³-hybridized carbons (Fsp3) is 0.120. The first-order chi connectivity index (χ1) is 15.4. The number of thioether (sulfide) groups is 1. The monoisotopic (exact) mass is 667 g/mol. The lowest BCUT2D eigenvalue weighted by atomic mass is 10.1. The van der Waals surface area contributed by atoms with Gasteiger partial charge in [-0.05, 0) is 98.8 Å². The first-order valence-corrected chi connectivity index (χ1v) is 12.8. The van der Waals surface area contributed by atoms with Crippen LogP contribution in [-0.2, 0) is 17.9 Å². The van der Waals surface area contributed by atoms with Crippen LogP contribution in [0.25, 0.3) is 6.08 Å². The van der Waals surface area contributed by atoms with Gasteiger partial charge in [0.25, 0.3) is 11.1 Å². The van der Waals surface area contributed by atoms with Gasteiger partial charge in [0.1, 0.15) is 12.4 Å². The summed E-state index contributed by atoms with van der Waals surface area (Å²) in [6, 6.07) is 21.8. The summed E-state index contributed by atoms with van der Waals surface area (Å²) in [5, 5.41) is -0.242. The topological polar surface area (TPSA) is 46.6 Å². The van der Waals surface area contributed by atoms with Gasteiger partial charge in [0.15, 0.2) is 0 Å². The van der Waals surface area contributed by atoms with E-state index in [-0.39, 0.29) is 17.7 Å². The summed E-state index contributed by atoms with van der Waals surface area (Å²) in [4.78, 5) is 27.1. The zero-order valence-corrected chi connectivity index (χ0v) is 22.3. The van der Waals surface area contributed by atoms with Crippen LogP contribution in [0, 0.1) is 14.1 Å². The lowest BCUT2D eigenvalue weighted by Gasteiger charge is -2.13. The molecule has 0 unspecified atom stereocenters. The van der Waals surface area contributed by atoms with E-state index in [2.05, 4.69) is 45.2 Å². The number of aryl methyl sites for hydroxylation is 1. The molecule has 0 bridgehead atoms. The molecule has 0 N–H and O–H groups in total. The molecule has 2 amide bonds. The predicted molar refractivity (Wildman–Crippen MR) is 145 cm³/mol. The summed E-state index contributed by atoms with van der Waals surface area (Å²) >= 11 is 5.47. The van der Waals surface area contributed by atoms with E-state index in [1.165, 1.54) is 4.90 Å². The molecule has 4 nitrogen and oxygen atoms in total. The van der Waals surface area contributed by atoms with Crippen LogP contribution in [0.15, 0.2) is 71.6 Å². The molecule has 3 aromatic rings. The van der Waals surface area contributed by atoms with Crippen LogP contribution in [-0.4, -0.2) is 16.0 Å². The van der Waals surface area contributed by atoms with E-state index >= 15 is 0 Å². The molecule has 1 aliphatic heterocycles. The Bertz CT molecular complexity index is 1170. The van der Waals surface area contributed by atoms with E-state index in [0.717, 1.165) is 46.9 Å². The Labute approximate surface area is 218 Å². The highest BCUT2D eigenvalue weighted by molar-refractivity contribution is 14.1. The fourth-order valence-corrected chi connectivity index (χ4v) is 6.16. The van der Waals surface area contributed by atoms with Gasteiger partial charge in [-0.3, -0.25) is 14.5 Å². The molecular formula is C25H19I2NO3S. The number of carbonyl (C=O) groups excluding carboxylic acids is 2. The van der Waals surface area contributed by atoms with E-state index in [4.69, 9.17) is 4.74 Å². The second kappa shape index (κ2) is 10.4. The minimum Gasteiger partial charge on any atom is -0.487 e. The Kier molecular flexibility index (Phi) is 7.57. The number of imide groups is 1. The van der Waals surface area contributed by atoms with E-state index in [9.17, 15) is 9.59 Å². The van der Waals surface area contributed by atoms with E-state index in [0.29, 0.717) is 11.5 Å². The van der Waals surface area contributed by atoms with Gasteiger partial charge in [-0.25, -0.2) is 0 Å². The van der Waals surface area contributed by atoms with Crippen molar-refractivity contribution in [3.05, 3.63) is 101 Å².